The first-order valence-electron chi connectivity index (χ1n) is 12.6. The van der Waals surface area contributed by atoms with E-state index in [4.69, 9.17) is 30.0 Å². The summed E-state index contributed by atoms with van der Waals surface area (Å²) >= 11 is 3.15. The van der Waals surface area contributed by atoms with E-state index < -0.39 is 22.7 Å². The van der Waals surface area contributed by atoms with Gasteiger partial charge in [-0.15, -0.1) is 22.7 Å². The van der Waals surface area contributed by atoms with Gasteiger partial charge in [-0.1, -0.05) is 10.2 Å². The summed E-state index contributed by atoms with van der Waals surface area (Å²) < 4.78 is 23.5. The third-order valence-electron chi connectivity index (χ3n) is 7.24. The third kappa shape index (κ3) is 5.15. The topological polar surface area (TPSA) is 160 Å². The lowest BCUT2D eigenvalue weighted by molar-refractivity contribution is -0.155. The molecule has 204 valence electrons. The average Bonchev–Trinajstić information content (AvgIpc) is 3.61. The second-order valence-corrected chi connectivity index (χ2v) is 13.7. The standard InChI is InChI=1S/2C12H16N4O2S/c2*1-7-6-14-10(19-7)12(15-16-13)4-8-9(5-12)18-11(2,3)17-8/h2*6,8-9H,4-5H2,1-3H3/t2*8-,9+,12?. The van der Waals surface area contributed by atoms with Crippen LogP contribution in [0.15, 0.2) is 22.6 Å². The lowest BCUT2D eigenvalue weighted by Gasteiger charge is -2.25. The molecule has 0 radical (unpaired) electrons. The molecule has 12 nitrogen and oxygen atoms in total. The van der Waals surface area contributed by atoms with Crippen LogP contribution in [0.1, 0.15) is 73.1 Å². The summed E-state index contributed by atoms with van der Waals surface area (Å²) in [5.74, 6) is -1.09. The van der Waals surface area contributed by atoms with Crippen LogP contribution >= 0.6 is 22.7 Å². The van der Waals surface area contributed by atoms with Gasteiger partial charge >= 0.3 is 0 Å². The van der Waals surface area contributed by atoms with Gasteiger partial charge in [0.2, 0.25) is 0 Å². The molecule has 0 spiro atoms. The van der Waals surface area contributed by atoms with Gasteiger partial charge in [0.15, 0.2) is 11.6 Å². The van der Waals surface area contributed by atoms with Crippen molar-refractivity contribution in [2.75, 3.05) is 0 Å². The largest absolute Gasteiger partial charge is 0.345 e. The highest BCUT2D eigenvalue weighted by Crippen LogP contribution is 2.52. The van der Waals surface area contributed by atoms with Crippen LogP contribution in [-0.4, -0.2) is 46.0 Å². The van der Waals surface area contributed by atoms with Crippen LogP contribution in [0.4, 0.5) is 0 Å². The van der Waals surface area contributed by atoms with E-state index in [2.05, 4.69) is 30.0 Å². The van der Waals surface area contributed by atoms with Gasteiger partial charge in [0.25, 0.3) is 0 Å². The SMILES string of the molecule is Cc1cnc(C2(N=[N+]=[N-])C[C@@H]3OC(C)(C)O[C@@H]3C2)s1.Cc1cnc(C2(N=[N+]=[N-])C[C@@H]3OC(C)(C)O[C@@H]3C2)s1. The Morgan fingerprint density at radius 1 is 0.711 bits per heavy atom. The number of fused-ring (bicyclic) bond motifs is 2. The van der Waals surface area contributed by atoms with Crippen molar-refractivity contribution < 1.29 is 18.9 Å². The fraction of sp³-hybridized carbons (Fsp3) is 0.750. The van der Waals surface area contributed by atoms with Crippen LogP contribution in [0.2, 0.25) is 0 Å². The summed E-state index contributed by atoms with van der Waals surface area (Å²) in [7, 11) is 0. The molecule has 2 aliphatic carbocycles. The molecule has 2 unspecified atom stereocenters. The summed E-state index contributed by atoms with van der Waals surface area (Å²) in [6, 6.07) is 0. The Labute approximate surface area is 228 Å². The lowest BCUT2D eigenvalue weighted by Crippen LogP contribution is -2.27. The number of hydrogen-bond donors (Lipinski definition) is 0. The number of aryl methyl sites for hydroxylation is 2. The smallest absolute Gasteiger partial charge is 0.163 e. The summed E-state index contributed by atoms with van der Waals surface area (Å²) in [5.41, 5.74) is 16.5. The van der Waals surface area contributed by atoms with Crippen LogP contribution in [0.25, 0.3) is 20.9 Å². The Kier molecular flexibility index (Phi) is 6.98. The number of thiazole rings is 2. The number of rotatable bonds is 4. The highest BCUT2D eigenvalue weighted by molar-refractivity contribution is 7.12. The van der Waals surface area contributed by atoms with Crippen LogP contribution in [-0.2, 0) is 30.0 Å². The molecule has 0 N–H and O–H groups in total. The van der Waals surface area contributed by atoms with Crippen LogP contribution in [0.5, 0.6) is 0 Å². The second kappa shape index (κ2) is 9.72. The number of aromatic nitrogens is 2. The first kappa shape index (κ1) is 27.3. The molecular weight excluding hydrogens is 528 g/mol. The number of ether oxygens (including phenoxy) is 4. The summed E-state index contributed by atoms with van der Waals surface area (Å²) in [4.78, 5) is 17.1. The molecule has 2 saturated carbocycles. The maximum absolute atomic E-state index is 8.88. The Hall–Kier alpha value is -2.28. The minimum absolute atomic E-state index is 0.0234. The predicted molar refractivity (Wildman–Crippen MR) is 141 cm³/mol. The molecule has 0 bridgehead atoms. The van der Waals surface area contributed by atoms with E-state index >= 15 is 0 Å². The number of azide groups is 2. The third-order valence-corrected chi connectivity index (χ3v) is 9.45. The number of hydrogen-bond acceptors (Lipinski definition) is 10. The normalized spacial score (nSPS) is 35.9. The van der Waals surface area contributed by atoms with Crippen LogP contribution in [0, 0.1) is 13.8 Å². The molecular formula is C24H32N8O4S2. The van der Waals surface area contributed by atoms with Crippen molar-refractivity contribution >= 4 is 22.7 Å². The molecule has 6 rings (SSSR count). The van der Waals surface area contributed by atoms with Crippen LogP contribution in [0.3, 0.4) is 0 Å². The molecule has 2 aromatic rings. The maximum Gasteiger partial charge on any atom is 0.163 e. The summed E-state index contributed by atoms with van der Waals surface area (Å²) in [6.45, 7) is 11.6. The second-order valence-electron chi connectivity index (χ2n) is 11.2. The van der Waals surface area contributed by atoms with Crippen molar-refractivity contribution in [3.05, 3.63) is 53.0 Å². The highest BCUT2D eigenvalue weighted by Gasteiger charge is 2.56. The lowest BCUT2D eigenvalue weighted by atomic mass is 9.99. The molecule has 2 aliphatic heterocycles. The summed E-state index contributed by atoms with van der Waals surface area (Å²) in [5, 5.41) is 9.80. The van der Waals surface area contributed by atoms with E-state index in [0.29, 0.717) is 25.7 Å². The zero-order valence-electron chi connectivity index (χ0n) is 22.3. The van der Waals surface area contributed by atoms with Crippen molar-refractivity contribution in [2.45, 2.75) is 114 Å². The van der Waals surface area contributed by atoms with Crippen molar-refractivity contribution in [3.8, 4) is 0 Å². The Balaban J connectivity index is 0.000000155. The van der Waals surface area contributed by atoms with Crippen molar-refractivity contribution in [1.82, 2.24) is 9.97 Å². The van der Waals surface area contributed by atoms with E-state index in [1.54, 1.807) is 22.7 Å². The van der Waals surface area contributed by atoms with Gasteiger partial charge in [0, 0.05) is 32.0 Å². The highest BCUT2D eigenvalue weighted by atomic mass is 32.1. The molecule has 2 saturated heterocycles. The minimum atomic E-state index is -0.612. The van der Waals surface area contributed by atoms with Crippen LogP contribution < -0.4 is 0 Å². The molecule has 38 heavy (non-hydrogen) atoms. The zero-order chi connectivity index (χ0) is 27.3. The molecule has 2 aromatic heterocycles. The molecule has 4 aliphatic rings. The van der Waals surface area contributed by atoms with Gasteiger partial charge in [0.05, 0.1) is 24.4 Å². The van der Waals surface area contributed by atoms with Crippen molar-refractivity contribution in [3.63, 3.8) is 0 Å². The van der Waals surface area contributed by atoms with E-state index in [1.807, 2.05) is 53.9 Å². The minimum Gasteiger partial charge on any atom is -0.345 e. The van der Waals surface area contributed by atoms with Gasteiger partial charge in [0.1, 0.15) is 21.1 Å². The Morgan fingerprint density at radius 3 is 1.26 bits per heavy atom. The number of nitrogens with zero attached hydrogens (tertiary/aromatic N) is 8. The average molecular weight is 561 g/mol. The molecule has 4 heterocycles. The molecule has 4 fully saturated rings. The summed E-state index contributed by atoms with van der Waals surface area (Å²) in [6.07, 6.45) is 6.08. The van der Waals surface area contributed by atoms with Gasteiger partial charge in [-0.3, -0.25) is 0 Å². The van der Waals surface area contributed by atoms with E-state index in [0.717, 1.165) is 19.8 Å². The molecule has 6 atom stereocenters. The van der Waals surface area contributed by atoms with Gasteiger partial charge in [-0.05, 0) is 78.3 Å². The first-order valence-corrected chi connectivity index (χ1v) is 14.2. The van der Waals surface area contributed by atoms with Gasteiger partial charge in [-0.25, -0.2) is 9.97 Å². The van der Waals surface area contributed by atoms with Crippen molar-refractivity contribution in [2.24, 2.45) is 10.2 Å². The fourth-order valence-corrected chi connectivity index (χ4v) is 7.74. The van der Waals surface area contributed by atoms with Crippen molar-refractivity contribution in [1.29, 1.82) is 0 Å². The van der Waals surface area contributed by atoms with E-state index in [-0.39, 0.29) is 24.4 Å². The monoisotopic (exact) mass is 560 g/mol. The van der Waals surface area contributed by atoms with Gasteiger partial charge < -0.3 is 18.9 Å². The van der Waals surface area contributed by atoms with Gasteiger partial charge in [-0.2, -0.15) is 0 Å². The first-order chi connectivity index (χ1) is 17.9. The van der Waals surface area contributed by atoms with E-state index in [1.165, 1.54) is 0 Å². The Morgan fingerprint density at radius 2 is 1.03 bits per heavy atom. The predicted octanol–water partition coefficient (Wildman–Crippen LogP) is 6.54. The molecule has 0 amide bonds. The fourth-order valence-electron chi connectivity index (χ4n) is 5.92. The molecule has 14 heteroatoms. The Bertz CT molecular complexity index is 1170. The quantitative estimate of drug-likeness (QED) is 0.234. The molecule has 0 aromatic carbocycles. The zero-order valence-corrected chi connectivity index (χ0v) is 24.0. The maximum atomic E-state index is 8.88. The van der Waals surface area contributed by atoms with E-state index in [9.17, 15) is 0 Å².